The summed E-state index contributed by atoms with van der Waals surface area (Å²) in [7, 11) is 0. The SMILES string of the molecule is Cc1cccc([N+](=O)[O-])c1C(=O)OCC(=O)N1c2ccccc2CCC1C. The minimum Gasteiger partial charge on any atom is -0.452 e. The molecule has 1 aliphatic rings. The number of hydrogen-bond donors (Lipinski definition) is 0. The predicted octanol–water partition coefficient (Wildman–Crippen LogP) is 3.43. The second kappa shape index (κ2) is 7.57. The number of aryl methyl sites for hydroxylation is 2. The molecular formula is C20H20N2O5. The molecule has 1 unspecified atom stereocenters. The number of anilines is 1. The number of ether oxygens (including phenoxy) is 1. The van der Waals surface area contributed by atoms with Crippen molar-refractivity contribution in [1.29, 1.82) is 0 Å². The zero-order valence-corrected chi connectivity index (χ0v) is 15.2. The monoisotopic (exact) mass is 368 g/mol. The molecule has 0 saturated carbocycles. The van der Waals surface area contributed by atoms with Crippen molar-refractivity contribution in [2.24, 2.45) is 0 Å². The van der Waals surface area contributed by atoms with Gasteiger partial charge in [-0.3, -0.25) is 14.9 Å². The maximum atomic E-state index is 12.7. The van der Waals surface area contributed by atoms with Crippen molar-refractivity contribution in [2.75, 3.05) is 11.5 Å². The molecule has 1 amide bonds. The van der Waals surface area contributed by atoms with Crippen LogP contribution in [0.4, 0.5) is 11.4 Å². The normalized spacial score (nSPS) is 15.8. The smallest absolute Gasteiger partial charge is 0.345 e. The minimum absolute atomic E-state index is 0.0149. The van der Waals surface area contributed by atoms with Crippen molar-refractivity contribution < 1.29 is 19.2 Å². The highest BCUT2D eigenvalue weighted by Crippen LogP contribution is 2.30. The van der Waals surface area contributed by atoms with Crippen molar-refractivity contribution in [1.82, 2.24) is 0 Å². The topological polar surface area (TPSA) is 89.7 Å². The summed E-state index contributed by atoms with van der Waals surface area (Å²) in [6, 6.07) is 12.0. The standard InChI is InChI=1S/C20H20N2O5/c1-13-6-5-9-17(22(25)26)19(13)20(24)27-12-18(23)21-14(2)10-11-15-7-3-4-8-16(15)21/h3-9,14H,10-12H2,1-2H3. The lowest BCUT2D eigenvalue weighted by atomic mass is 9.96. The van der Waals surface area contributed by atoms with E-state index < -0.39 is 17.5 Å². The Hall–Kier alpha value is -3.22. The number of carbonyl (C=O) groups excluding carboxylic acids is 2. The van der Waals surface area contributed by atoms with Gasteiger partial charge in [-0.2, -0.15) is 0 Å². The zero-order valence-electron chi connectivity index (χ0n) is 15.2. The van der Waals surface area contributed by atoms with Gasteiger partial charge < -0.3 is 9.64 Å². The van der Waals surface area contributed by atoms with E-state index in [9.17, 15) is 19.7 Å². The molecule has 7 nitrogen and oxygen atoms in total. The Labute approximate surface area is 156 Å². The number of nitrogens with zero attached hydrogens (tertiary/aromatic N) is 2. The molecule has 0 fully saturated rings. The molecule has 7 heteroatoms. The van der Waals surface area contributed by atoms with Crippen LogP contribution < -0.4 is 4.90 Å². The Morgan fingerprint density at radius 1 is 1.22 bits per heavy atom. The first-order valence-corrected chi connectivity index (χ1v) is 8.71. The zero-order chi connectivity index (χ0) is 19.6. The lowest BCUT2D eigenvalue weighted by Crippen LogP contribution is -2.44. The number of amides is 1. The Morgan fingerprint density at radius 3 is 2.70 bits per heavy atom. The molecule has 2 aromatic carbocycles. The molecular weight excluding hydrogens is 348 g/mol. The first-order valence-electron chi connectivity index (χ1n) is 8.71. The molecule has 0 bridgehead atoms. The molecule has 0 aromatic heterocycles. The maximum absolute atomic E-state index is 12.7. The van der Waals surface area contributed by atoms with Crippen LogP contribution in [-0.4, -0.2) is 29.4 Å². The van der Waals surface area contributed by atoms with E-state index in [1.807, 2.05) is 31.2 Å². The third-order valence-electron chi connectivity index (χ3n) is 4.77. The summed E-state index contributed by atoms with van der Waals surface area (Å²) in [5, 5.41) is 11.2. The van der Waals surface area contributed by atoms with Gasteiger partial charge in [0.15, 0.2) is 6.61 Å². The summed E-state index contributed by atoms with van der Waals surface area (Å²) >= 11 is 0. The summed E-state index contributed by atoms with van der Waals surface area (Å²) in [6.45, 7) is 3.07. The van der Waals surface area contributed by atoms with Crippen LogP contribution >= 0.6 is 0 Å². The van der Waals surface area contributed by atoms with Crippen LogP contribution in [0, 0.1) is 17.0 Å². The van der Waals surface area contributed by atoms with Crippen LogP contribution in [0.15, 0.2) is 42.5 Å². The number of fused-ring (bicyclic) bond motifs is 1. The largest absolute Gasteiger partial charge is 0.452 e. The first kappa shape index (κ1) is 18.6. The fraction of sp³-hybridized carbons (Fsp3) is 0.300. The first-order chi connectivity index (χ1) is 12.9. The highest BCUT2D eigenvalue weighted by atomic mass is 16.6. The third kappa shape index (κ3) is 3.67. The van der Waals surface area contributed by atoms with E-state index in [0.717, 1.165) is 24.1 Å². The molecule has 0 radical (unpaired) electrons. The van der Waals surface area contributed by atoms with Gasteiger partial charge in [0.25, 0.3) is 11.6 Å². The van der Waals surface area contributed by atoms with E-state index >= 15 is 0 Å². The van der Waals surface area contributed by atoms with Crippen molar-refractivity contribution in [3.63, 3.8) is 0 Å². The lowest BCUT2D eigenvalue weighted by molar-refractivity contribution is -0.385. The molecule has 3 rings (SSSR count). The molecule has 140 valence electrons. The molecule has 0 aliphatic carbocycles. The van der Waals surface area contributed by atoms with Crippen molar-refractivity contribution in [3.05, 3.63) is 69.3 Å². The summed E-state index contributed by atoms with van der Waals surface area (Å²) in [6.07, 6.45) is 1.70. The molecule has 27 heavy (non-hydrogen) atoms. The summed E-state index contributed by atoms with van der Waals surface area (Å²) < 4.78 is 5.14. The Morgan fingerprint density at radius 2 is 1.96 bits per heavy atom. The van der Waals surface area contributed by atoms with E-state index in [1.54, 1.807) is 17.9 Å². The second-order valence-electron chi connectivity index (χ2n) is 6.58. The van der Waals surface area contributed by atoms with Gasteiger partial charge in [-0.05, 0) is 43.9 Å². The summed E-state index contributed by atoms with van der Waals surface area (Å²) in [4.78, 5) is 37.3. The van der Waals surface area contributed by atoms with Crippen molar-refractivity contribution >= 4 is 23.3 Å². The van der Waals surface area contributed by atoms with E-state index in [-0.39, 0.29) is 23.2 Å². The number of esters is 1. The van der Waals surface area contributed by atoms with Crippen LogP contribution in [0.2, 0.25) is 0 Å². The van der Waals surface area contributed by atoms with E-state index in [2.05, 4.69) is 0 Å². The van der Waals surface area contributed by atoms with Gasteiger partial charge in [-0.1, -0.05) is 30.3 Å². The average Bonchev–Trinajstić information content (AvgIpc) is 2.65. The van der Waals surface area contributed by atoms with E-state index in [4.69, 9.17) is 4.74 Å². The van der Waals surface area contributed by atoms with Crippen molar-refractivity contribution in [2.45, 2.75) is 32.7 Å². The van der Waals surface area contributed by atoms with Gasteiger partial charge >= 0.3 is 5.97 Å². The summed E-state index contributed by atoms with van der Waals surface area (Å²) in [5.74, 6) is -1.22. The van der Waals surface area contributed by atoms with Gasteiger partial charge in [0, 0.05) is 17.8 Å². The van der Waals surface area contributed by atoms with Crippen molar-refractivity contribution in [3.8, 4) is 0 Å². The third-order valence-corrected chi connectivity index (χ3v) is 4.77. The summed E-state index contributed by atoms with van der Waals surface area (Å²) in [5.41, 5.74) is 1.87. The van der Waals surface area contributed by atoms with Crippen LogP contribution in [0.3, 0.4) is 0 Å². The van der Waals surface area contributed by atoms with E-state index in [1.165, 1.54) is 12.1 Å². The Balaban J connectivity index is 1.77. The van der Waals surface area contributed by atoms with Crippen LogP contribution in [-0.2, 0) is 16.0 Å². The van der Waals surface area contributed by atoms with Crippen LogP contribution in [0.5, 0.6) is 0 Å². The number of carbonyl (C=O) groups is 2. The fourth-order valence-corrected chi connectivity index (χ4v) is 3.41. The van der Waals surface area contributed by atoms with Gasteiger partial charge in [0.05, 0.1) is 4.92 Å². The maximum Gasteiger partial charge on any atom is 0.345 e. The van der Waals surface area contributed by atoms with E-state index in [0.29, 0.717) is 5.56 Å². The molecule has 0 N–H and O–H groups in total. The predicted molar refractivity (Wildman–Crippen MR) is 99.8 cm³/mol. The van der Waals surface area contributed by atoms with Crippen LogP contribution in [0.1, 0.15) is 34.8 Å². The molecule has 1 atom stereocenters. The fourth-order valence-electron chi connectivity index (χ4n) is 3.41. The number of hydrogen-bond acceptors (Lipinski definition) is 5. The number of nitro benzene ring substituents is 1. The molecule has 1 aliphatic heterocycles. The minimum atomic E-state index is -0.869. The molecule has 1 heterocycles. The van der Waals surface area contributed by atoms with Gasteiger partial charge in [0.2, 0.25) is 0 Å². The van der Waals surface area contributed by atoms with Gasteiger partial charge in [0.1, 0.15) is 5.56 Å². The average molecular weight is 368 g/mol. The Kier molecular flexibility index (Phi) is 5.21. The highest BCUT2D eigenvalue weighted by molar-refractivity contribution is 6.00. The number of nitro groups is 1. The number of para-hydroxylation sites is 1. The van der Waals surface area contributed by atoms with Crippen LogP contribution in [0.25, 0.3) is 0 Å². The quantitative estimate of drug-likeness (QED) is 0.468. The second-order valence-corrected chi connectivity index (χ2v) is 6.58. The number of benzene rings is 2. The number of rotatable bonds is 4. The molecule has 0 spiro atoms. The molecule has 0 saturated heterocycles. The van der Waals surface area contributed by atoms with Gasteiger partial charge in [-0.25, -0.2) is 4.79 Å². The molecule has 2 aromatic rings. The highest BCUT2D eigenvalue weighted by Gasteiger charge is 2.30. The van der Waals surface area contributed by atoms with Gasteiger partial charge in [-0.15, -0.1) is 0 Å². The Bertz CT molecular complexity index is 909. The lowest BCUT2D eigenvalue weighted by Gasteiger charge is -2.35.